The lowest BCUT2D eigenvalue weighted by atomic mass is 9.94. The standard InChI is InChI=1S/C25H24N2O4S/c1-4-14-30-20-12-10-19(11-13-20)22-21(24(29)31-15-18-8-6-5-7-9-18)16(2)26-25-27(22)23(28)17(3)32-25/h4-13,17,22H,1,14-15H2,2-3H3. The Labute approximate surface area is 191 Å². The molecule has 0 aromatic heterocycles. The molecule has 2 aromatic carbocycles. The number of amidine groups is 1. The summed E-state index contributed by atoms with van der Waals surface area (Å²) < 4.78 is 11.2. The summed E-state index contributed by atoms with van der Waals surface area (Å²) in [6.07, 6.45) is 1.67. The van der Waals surface area contributed by atoms with Crippen molar-refractivity contribution in [3.05, 3.63) is 89.6 Å². The number of esters is 1. The van der Waals surface area contributed by atoms with Gasteiger partial charge in [-0.1, -0.05) is 66.9 Å². The third kappa shape index (κ3) is 4.34. The normalized spacial score (nSPS) is 20.0. The third-order valence-electron chi connectivity index (χ3n) is 5.25. The van der Waals surface area contributed by atoms with Gasteiger partial charge in [0.2, 0.25) is 5.91 Å². The Morgan fingerprint density at radius 3 is 2.59 bits per heavy atom. The van der Waals surface area contributed by atoms with Crippen molar-refractivity contribution >= 4 is 28.8 Å². The van der Waals surface area contributed by atoms with Gasteiger partial charge in [-0.15, -0.1) is 0 Å². The fourth-order valence-corrected chi connectivity index (χ4v) is 4.71. The maximum atomic E-state index is 13.2. The third-order valence-corrected chi connectivity index (χ3v) is 6.31. The molecule has 0 saturated carbocycles. The van der Waals surface area contributed by atoms with Gasteiger partial charge in [0.05, 0.1) is 22.6 Å². The molecular weight excluding hydrogens is 424 g/mol. The zero-order chi connectivity index (χ0) is 22.7. The van der Waals surface area contributed by atoms with Crippen LogP contribution in [0.2, 0.25) is 0 Å². The number of aliphatic imine (C=N–C) groups is 1. The van der Waals surface area contributed by atoms with Crippen LogP contribution in [0, 0.1) is 0 Å². The molecule has 0 radical (unpaired) electrons. The molecule has 2 aliphatic rings. The Morgan fingerprint density at radius 2 is 1.91 bits per heavy atom. The van der Waals surface area contributed by atoms with Crippen molar-refractivity contribution in [3.63, 3.8) is 0 Å². The number of carbonyl (C=O) groups is 2. The number of hydrogen-bond donors (Lipinski definition) is 0. The number of amides is 1. The monoisotopic (exact) mass is 448 g/mol. The van der Waals surface area contributed by atoms with Gasteiger partial charge in [0.25, 0.3) is 0 Å². The molecule has 2 atom stereocenters. The molecular formula is C25H24N2O4S. The van der Waals surface area contributed by atoms with E-state index in [0.717, 1.165) is 11.1 Å². The predicted octanol–water partition coefficient (Wildman–Crippen LogP) is 4.64. The van der Waals surface area contributed by atoms with E-state index in [-0.39, 0.29) is 17.8 Å². The molecule has 1 fully saturated rings. The number of ether oxygens (including phenoxy) is 2. The molecule has 0 spiro atoms. The summed E-state index contributed by atoms with van der Waals surface area (Å²) in [6, 6.07) is 16.3. The number of nitrogens with zero attached hydrogens (tertiary/aromatic N) is 2. The van der Waals surface area contributed by atoms with Crippen LogP contribution in [0.25, 0.3) is 0 Å². The first-order valence-corrected chi connectivity index (χ1v) is 11.2. The Balaban J connectivity index is 1.67. The van der Waals surface area contributed by atoms with Crippen LogP contribution in [-0.4, -0.2) is 33.8 Å². The summed E-state index contributed by atoms with van der Waals surface area (Å²) in [5, 5.41) is 0.343. The second kappa shape index (κ2) is 9.44. The van der Waals surface area contributed by atoms with Crippen molar-refractivity contribution in [1.29, 1.82) is 0 Å². The van der Waals surface area contributed by atoms with Gasteiger partial charge in [-0.25, -0.2) is 9.79 Å². The maximum absolute atomic E-state index is 13.2. The van der Waals surface area contributed by atoms with E-state index in [2.05, 4.69) is 11.6 Å². The van der Waals surface area contributed by atoms with E-state index in [0.29, 0.717) is 28.8 Å². The Bertz CT molecular complexity index is 1090. The Kier molecular flexibility index (Phi) is 6.46. The van der Waals surface area contributed by atoms with Crippen LogP contribution in [0.1, 0.15) is 31.0 Å². The van der Waals surface area contributed by atoms with Crippen molar-refractivity contribution in [3.8, 4) is 5.75 Å². The van der Waals surface area contributed by atoms with E-state index in [1.165, 1.54) is 11.8 Å². The molecule has 164 valence electrons. The van der Waals surface area contributed by atoms with Crippen LogP contribution in [0.4, 0.5) is 0 Å². The van der Waals surface area contributed by atoms with E-state index in [9.17, 15) is 9.59 Å². The summed E-state index contributed by atoms with van der Waals surface area (Å²) in [4.78, 5) is 32.4. The van der Waals surface area contributed by atoms with Gasteiger partial charge in [0, 0.05) is 0 Å². The minimum Gasteiger partial charge on any atom is -0.490 e. The molecule has 0 aliphatic carbocycles. The van der Waals surface area contributed by atoms with E-state index in [1.54, 1.807) is 17.9 Å². The maximum Gasteiger partial charge on any atom is 0.338 e. The quantitative estimate of drug-likeness (QED) is 0.456. The van der Waals surface area contributed by atoms with E-state index < -0.39 is 12.0 Å². The summed E-state index contributed by atoms with van der Waals surface area (Å²) in [5.41, 5.74) is 2.60. The zero-order valence-corrected chi connectivity index (χ0v) is 18.8. The molecule has 2 aliphatic heterocycles. The van der Waals surface area contributed by atoms with Crippen LogP contribution in [-0.2, 0) is 20.9 Å². The molecule has 0 N–H and O–H groups in total. The average molecular weight is 449 g/mol. The molecule has 2 unspecified atom stereocenters. The number of fused-ring (bicyclic) bond motifs is 1. The van der Waals surface area contributed by atoms with Crippen molar-refractivity contribution in [2.24, 2.45) is 4.99 Å². The molecule has 1 amide bonds. The minimum absolute atomic E-state index is 0.0772. The molecule has 0 bridgehead atoms. The molecule has 2 aromatic rings. The highest BCUT2D eigenvalue weighted by Crippen LogP contribution is 2.43. The van der Waals surface area contributed by atoms with E-state index >= 15 is 0 Å². The number of thioether (sulfide) groups is 1. The highest BCUT2D eigenvalue weighted by Gasteiger charge is 2.46. The van der Waals surface area contributed by atoms with Crippen molar-refractivity contribution in [1.82, 2.24) is 4.90 Å². The predicted molar refractivity (Wildman–Crippen MR) is 125 cm³/mol. The van der Waals surface area contributed by atoms with Gasteiger partial charge in [-0.2, -0.15) is 0 Å². The molecule has 4 rings (SSSR count). The number of rotatable bonds is 7. The van der Waals surface area contributed by atoms with Crippen LogP contribution >= 0.6 is 11.8 Å². The number of hydrogen-bond acceptors (Lipinski definition) is 6. The Morgan fingerprint density at radius 1 is 1.19 bits per heavy atom. The molecule has 6 nitrogen and oxygen atoms in total. The van der Waals surface area contributed by atoms with Gasteiger partial charge in [-0.3, -0.25) is 9.69 Å². The van der Waals surface area contributed by atoms with Gasteiger partial charge >= 0.3 is 5.97 Å². The number of carbonyl (C=O) groups excluding carboxylic acids is 2. The smallest absolute Gasteiger partial charge is 0.338 e. The second-order valence-electron chi connectivity index (χ2n) is 7.49. The lowest BCUT2D eigenvalue weighted by Crippen LogP contribution is -2.40. The van der Waals surface area contributed by atoms with E-state index in [1.807, 2.05) is 61.5 Å². The summed E-state index contributed by atoms with van der Waals surface area (Å²) in [5.74, 6) is 0.123. The average Bonchev–Trinajstić information content (AvgIpc) is 3.09. The lowest BCUT2D eigenvalue weighted by molar-refractivity contribution is -0.141. The fraction of sp³-hybridized carbons (Fsp3) is 0.240. The first-order valence-electron chi connectivity index (χ1n) is 10.3. The highest BCUT2D eigenvalue weighted by atomic mass is 32.2. The van der Waals surface area contributed by atoms with Gasteiger partial charge in [0.15, 0.2) is 5.17 Å². The van der Waals surface area contributed by atoms with Gasteiger partial charge in [0.1, 0.15) is 19.0 Å². The minimum atomic E-state index is -0.607. The van der Waals surface area contributed by atoms with E-state index in [4.69, 9.17) is 9.47 Å². The van der Waals surface area contributed by atoms with Crippen molar-refractivity contribution < 1.29 is 19.1 Å². The molecule has 2 heterocycles. The number of benzene rings is 2. The molecule has 1 saturated heterocycles. The fourth-order valence-electron chi connectivity index (χ4n) is 3.68. The van der Waals surface area contributed by atoms with Crippen molar-refractivity contribution in [2.45, 2.75) is 31.7 Å². The number of allylic oxidation sites excluding steroid dienone is 1. The topological polar surface area (TPSA) is 68.2 Å². The summed E-state index contributed by atoms with van der Waals surface area (Å²) in [7, 11) is 0. The van der Waals surface area contributed by atoms with Crippen LogP contribution < -0.4 is 4.74 Å². The zero-order valence-electron chi connectivity index (χ0n) is 18.0. The first kappa shape index (κ1) is 21.9. The summed E-state index contributed by atoms with van der Waals surface area (Å²) >= 11 is 1.40. The van der Waals surface area contributed by atoms with Gasteiger partial charge < -0.3 is 9.47 Å². The van der Waals surface area contributed by atoms with Crippen LogP contribution in [0.15, 0.2) is 83.5 Å². The SMILES string of the molecule is C=CCOc1ccc(C2C(C(=O)OCc3ccccc3)=C(C)N=C3SC(C)C(=O)N32)cc1. The van der Waals surface area contributed by atoms with Gasteiger partial charge in [-0.05, 0) is 37.1 Å². The van der Waals surface area contributed by atoms with Crippen LogP contribution in [0.5, 0.6) is 5.75 Å². The molecule has 7 heteroatoms. The largest absolute Gasteiger partial charge is 0.490 e. The Hall–Kier alpha value is -3.32. The van der Waals surface area contributed by atoms with Crippen LogP contribution in [0.3, 0.4) is 0 Å². The highest BCUT2D eigenvalue weighted by molar-refractivity contribution is 8.15. The second-order valence-corrected chi connectivity index (χ2v) is 8.80. The summed E-state index contributed by atoms with van der Waals surface area (Å²) in [6.45, 7) is 7.83. The van der Waals surface area contributed by atoms with Crippen molar-refractivity contribution in [2.75, 3.05) is 6.61 Å². The molecule has 32 heavy (non-hydrogen) atoms. The first-order chi connectivity index (χ1) is 15.5. The lowest BCUT2D eigenvalue weighted by Gasteiger charge is -2.33.